The van der Waals surface area contributed by atoms with Gasteiger partial charge in [0.15, 0.2) is 0 Å². The first-order valence-electron chi connectivity index (χ1n) is 11.3. The zero-order valence-electron chi connectivity index (χ0n) is 18.7. The molecule has 1 heterocycles. The summed E-state index contributed by atoms with van der Waals surface area (Å²) in [5.41, 5.74) is 6.83. The number of aromatic amines is 1. The molecule has 2 N–H and O–H groups in total. The Morgan fingerprint density at radius 1 is 0.786 bits per heavy atom. The number of nitrogens with zero attached hydrogens (tertiary/aromatic N) is 2. The largest absolute Gasteiger partial charge is 0.308 e. The molecule has 0 aliphatic carbocycles. The Morgan fingerprint density at radius 2 is 1.32 bits per heavy atom. The molecule has 1 aromatic heterocycles. The van der Waals surface area contributed by atoms with E-state index in [1.54, 1.807) is 0 Å². The van der Waals surface area contributed by atoms with Gasteiger partial charge in [-0.25, -0.2) is 0 Å². The van der Waals surface area contributed by atoms with E-state index in [1.165, 1.54) is 68.7 Å². The topological polar surface area (TPSA) is 65.4 Å². The molecule has 0 amide bonds. The standard InChI is InChI=1S/C24H40N4/c1-17(2)12-8-6-10-14-20-21(15-11-7-9-13-18(3)4)24-23(26-28-27-24)19(5)22(20)16-25/h16-18,25H,6-15H2,1-5H3,(H,26,27,28). The van der Waals surface area contributed by atoms with E-state index in [4.69, 9.17) is 5.41 Å². The summed E-state index contributed by atoms with van der Waals surface area (Å²) >= 11 is 0. The highest BCUT2D eigenvalue weighted by Crippen LogP contribution is 2.30. The molecule has 0 fully saturated rings. The van der Waals surface area contributed by atoms with Crippen LogP contribution in [0.4, 0.5) is 0 Å². The zero-order chi connectivity index (χ0) is 20.5. The minimum atomic E-state index is 0.785. The van der Waals surface area contributed by atoms with E-state index in [1.807, 2.05) is 0 Å². The van der Waals surface area contributed by atoms with Crippen molar-refractivity contribution in [3.8, 4) is 0 Å². The zero-order valence-corrected chi connectivity index (χ0v) is 18.7. The lowest BCUT2D eigenvalue weighted by molar-refractivity contribution is 0.524. The first kappa shape index (κ1) is 22.6. The summed E-state index contributed by atoms with van der Waals surface area (Å²) in [7, 11) is 0. The number of hydrogen-bond donors (Lipinski definition) is 2. The molecule has 0 saturated carbocycles. The smallest absolute Gasteiger partial charge is 0.116 e. The first-order chi connectivity index (χ1) is 13.5. The van der Waals surface area contributed by atoms with Crippen LogP contribution in [0.5, 0.6) is 0 Å². The van der Waals surface area contributed by atoms with Crippen molar-refractivity contribution < 1.29 is 0 Å². The number of H-pyrrole nitrogens is 1. The number of benzene rings is 1. The maximum absolute atomic E-state index is 8.03. The normalized spacial score (nSPS) is 11.8. The van der Waals surface area contributed by atoms with Crippen molar-refractivity contribution in [1.82, 2.24) is 15.4 Å². The number of hydrogen-bond acceptors (Lipinski definition) is 3. The number of nitrogens with one attached hydrogen (secondary N) is 2. The maximum atomic E-state index is 8.03. The molecule has 0 radical (unpaired) electrons. The predicted molar refractivity (Wildman–Crippen MR) is 121 cm³/mol. The summed E-state index contributed by atoms with van der Waals surface area (Å²) in [6.07, 6.45) is 13.8. The van der Waals surface area contributed by atoms with Gasteiger partial charge < -0.3 is 5.41 Å². The molecule has 0 saturated heterocycles. The summed E-state index contributed by atoms with van der Waals surface area (Å²) in [6.45, 7) is 11.3. The summed E-state index contributed by atoms with van der Waals surface area (Å²) in [5.74, 6) is 1.57. The van der Waals surface area contributed by atoms with E-state index >= 15 is 0 Å². The van der Waals surface area contributed by atoms with Gasteiger partial charge in [-0.1, -0.05) is 66.2 Å². The molecule has 0 bridgehead atoms. The molecule has 0 aliphatic rings. The average Bonchev–Trinajstić information content (AvgIpc) is 3.13. The highest BCUT2D eigenvalue weighted by molar-refractivity contribution is 5.93. The van der Waals surface area contributed by atoms with Crippen LogP contribution in [0.15, 0.2) is 0 Å². The first-order valence-corrected chi connectivity index (χ1v) is 11.3. The monoisotopic (exact) mass is 384 g/mol. The Balaban J connectivity index is 2.17. The Labute approximate surface area is 171 Å². The summed E-state index contributed by atoms with van der Waals surface area (Å²) < 4.78 is 0. The Morgan fingerprint density at radius 3 is 1.86 bits per heavy atom. The van der Waals surface area contributed by atoms with Crippen molar-refractivity contribution in [1.29, 1.82) is 5.41 Å². The van der Waals surface area contributed by atoms with Crippen LogP contribution in [-0.4, -0.2) is 21.6 Å². The summed E-state index contributed by atoms with van der Waals surface area (Å²) in [5, 5.41) is 19.7. The van der Waals surface area contributed by atoms with Crippen molar-refractivity contribution >= 4 is 17.2 Å². The lowest BCUT2D eigenvalue weighted by atomic mass is 9.88. The maximum Gasteiger partial charge on any atom is 0.116 e. The van der Waals surface area contributed by atoms with E-state index in [2.05, 4.69) is 50.0 Å². The van der Waals surface area contributed by atoms with Gasteiger partial charge >= 0.3 is 0 Å². The van der Waals surface area contributed by atoms with Gasteiger partial charge in [0.1, 0.15) is 11.0 Å². The van der Waals surface area contributed by atoms with Crippen molar-refractivity contribution in [2.24, 2.45) is 11.8 Å². The van der Waals surface area contributed by atoms with Crippen molar-refractivity contribution in [3.63, 3.8) is 0 Å². The van der Waals surface area contributed by atoms with Crippen LogP contribution in [0.2, 0.25) is 0 Å². The van der Waals surface area contributed by atoms with Crippen molar-refractivity contribution in [2.45, 2.75) is 98.8 Å². The van der Waals surface area contributed by atoms with E-state index in [0.717, 1.165) is 46.8 Å². The van der Waals surface area contributed by atoms with Gasteiger partial charge in [-0.3, -0.25) is 0 Å². The molecule has 2 rings (SSSR count). The molecule has 0 spiro atoms. The number of aromatic nitrogens is 3. The fourth-order valence-electron chi connectivity index (χ4n) is 4.17. The van der Waals surface area contributed by atoms with Gasteiger partial charge in [0, 0.05) is 11.8 Å². The second-order valence-corrected chi connectivity index (χ2v) is 9.15. The van der Waals surface area contributed by atoms with Crippen LogP contribution in [0.25, 0.3) is 11.0 Å². The molecule has 0 unspecified atom stereocenters. The highest BCUT2D eigenvalue weighted by Gasteiger charge is 2.18. The van der Waals surface area contributed by atoms with Gasteiger partial charge in [-0.15, -0.1) is 0 Å². The van der Waals surface area contributed by atoms with Crippen LogP contribution >= 0.6 is 0 Å². The fraction of sp³-hybridized carbons (Fsp3) is 0.708. The second-order valence-electron chi connectivity index (χ2n) is 9.15. The summed E-state index contributed by atoms with van der Waals surface area (Å²) in [4.78, 5) is 0. The molecule has 28 heavy (non-hydrogen) atoms. The molecule has 4 nitrogen and oxygen atoms in total. The molecular weight excluding hydrogens is 344 g/mol. The molecule has 0 aliphatic heterocycles. The van der Waals surface area contributed by atoms with Crippen LogP contribution in [0.3, 0.4) is 0 Å². The number of fused-ring (bicyclic) bond motifs is 1. The van der Waals surface area contributed by atoms with Crippen LogP contribution in [-0.2, 0) is 12.8 Å². The van der Waals surface area contributed by atoms with Gasteiger partial charge in [-0.2, -0.15) is 15.4 Å². The number of rotatable bonds is 13. The molecule has 1 aromatic carbocycles. The molecule has 0 atom stereocenters. The van der Waals surface area contributed by atoms with E-state index in [0.29, 0.717) is 0 Å². The van der Waals surface area contributed by atoms with Crippen molar-refractivity contribution in [2.75, 3.05) is 0 Å². The predicted octanol–water partition coefficient (Wildman–Crippen LogP) is 6.78. The van der Waals surface area contributed by atoms with Crippen LogP contribution in [0, 0.1) is 24.2 Å². The third-order valence-corrected chi connectivity index (χ3v) is 5.84. The van der Waals surface area contributed by atoms with Gasteiger partial charge in [0.05, 0.1) is 0 Å². The molecule has 156 valence electrons. The molecule has 4 heteroatoms. The van der Waals surface area contributed by atoms with Gasteiger partial charge in [0.2, 0.25) is 0 Å². The quantitative estimate of drug-likeness (QED) is 0.295. The Hall–Kier alpha value is -1.71. The SMILES string of the molecule is Cc1c(C=N)c(CCCCCC(C)C)c(CCCCCC(C)C)c2n[nH]nc12. The third kappa shape index (κ3) is 6.15. The molecule has 2 aromatic rings. The Bertz CT molecular complexity index is 743. The van der Waals surface area contributed by atoms with Gasteiger partial charge in [0.25, 0.3) is 0 Å². The van der Waals surface area contributed by atoms with Crippen LogP contribution < -0.4 is 0 Å². The average molecular weight is 385 g/mol. The summed E-state index contributed by atoms with van der Waals surface area (Å²) in [6, 6.07) is 0. The van der Waals surface area contributed by atoms with Crippen molar-refractivity contribution in [3.05, 3.63) is 22.3 Å². The second kappa shape index (κ2) is 11.3. The Kier molecular flexibility index (Phi) is 9.14. The lowest BCUT2D eigenvalue weighted by Gasteiger charge is -2.16. The highest BCUT2D eigenvalue weighted by atomic mass is 15.3. The van der Waals surface area contributed by atoms with E-state index < -0.39 is 0 Å². The van der Waals surface area contributed by atoms with Gasteiger partial charge in [-0.05, 0) is 61.1 Å². The minimum Gasteiger partial charge on any atom is -0.308 e. The van der Waals surface area contributed by atoms with Crippen LogP contribution in [0.1, 0.15) is 101 Å². The van der Waals surface area contributed by atoms with E-state index in [9.17, 15) is 0 Å². The number of aryl methyl sites for hydroxylation is 2. The number of unbranched alkanes of at least 4 members (excludes halogenated alkanes) is 4. The molecular formula is C24H40N4. The fourth-order valence-corrected chi connectivity index (χ4v) is 4.17. The minimum absolute atomic E-state index is 0.785. The lowest BCUT2D eigenvalue weighted by Crippen LogP contribution is -2.05. The van der Waals surface area contributed by atoms with E-state index in [-0.39, 0.29) is 0 Å². The third-order valence-electron chi connectivity index (χ3n) is 5.84.